The second-order valence-corrected chi connectivity index (χ2v) is 4.29. The Morgan fingerprint density at radius 1 is 1.29 bits per heavy atom. The predicted molar refractivity (Wildman–Crippen MR) is 67.0 cm³/mol. The summed E-state index contributed by atoms with van der Waals surface area (Å²) < 4.78 is 10.2. The summed E-state index contributed by atoms with van der Waals surface area (Å²) in [4.78, 5) is 0. The highest BCUT2D eigenvalue weighted by molar-refractivity contribution is 5.08. The Balaban J connectivity index is 2.05. The van der Waals surface area contributed by atoms with Crippen molar-refractivity contribution in [1.82, 2.24) is 15.8 Å². The molecule has 0 radical (unpaired) electrons. The molecule has 2 N–H and O–H groups in total. The van der Waals surface area contributed by atoms with Crippen LogP contribution in [0.1, 0.15) is 31.2 Å². The first-order chi connectivity index (χ1) is 8.24. The molecule has 1 heterocycles. The van der Waals surface area contributed by atoms with Gasteiger partial charge in [0.05, 0.1) is 12.3 Å². The van der Waals surface area contributed by atoms with Crippen molar-refractivity contribution in [1.29, 1.82) is 0 Å². The fourth-order valence-corrected chi connectivity index (χ4v) is 1.38. The Kier molecular flexibility index (Phi) is 6.84. The number of methoxy groups -OCH3 is 1. The first kappa shape index (κ1) is 14.2. The second-order valence-electron chi connectivity index (χ2n) is 4.29. The molecule has 0 atom stereocenters. The van der Waals surface area contributed by atoms with Crippen LogP contribution in [-0.2, 0) is 11.3 Å². The largest absolute Gasteiger partial charge is 0.383 e. The third kappa shape index (κ3) is 5.81. The van der Waals surface area contributed by atoms with Gasteiger partial charge in [-0.2, -0.15) is 0 Å². The molecule has 0 aliphatic rings. The standard InChI is InChI=1S/C12H23N3O2/c1-10(2)12-8-11(15-17-12)9-14-5-4-13-6-7-16-3/h8,10,13-14H,4-7,9H2,1-3H3. The van der Waals surface area contributed by atoms with Gasteiger partial charge in [-0.05, 0) is 0 Å². The van der Waals surface area contributed by atoms with E-state index in [0.717, 1.165) is 44.2 Å². The van der Waals surface area contributed by atoms with Crippen LogP contribution in [0.5, 0.6) is 0 Å². The van der Waals surface area contributed by atoms with E-state index in [0.29, 0.717) is 5.92 Å². The highest BCUT2D eigenvalue weighted by Gasteiger charge is 2.06. The Bertz CT molecular complexity index is 300. The van der Waals surface area contributed by atoms with Gasteiger partial charge >= 0.3 is 0 Å². The van der Waals surface area contributed by atoms with Gasteiger partial charge in [-0.3, -0.25) is 0 Å². The van der Waals surface area contributed by atoms with Gasteiger partial charge in [0.25, 0.3) is 0 Å². The van der Waals surface area contributed by atoms with Crippen LogP contribution in [0, 0.1) is 0 Å². The van der Waals surface area contributed by atoms with Crippen LogP contribution in [0.25, 0.3) is 0 Å². The van der Waals surface area contributed by atoms with Crippen molar-refractivity contribution < 1.29 is 9.26 Å². The summed E-state index contributed by atoms with van der Waals surface area (Å²) in [7, 11) is 1.71. The molecule has 5 nitrogen and oxygen atoms in total. The normalized spacial score (nSPS) is 11.3. The van der Waals surface area contributed by atoms with Crippen LogP contribution in [-0.4, -0.2) is 38.5 Å². The van der Waals surface area contributed by atoms with Crippen molar-refractivity contribution >= 4 is 0 Å². The lowest BCUT2D eigenvalue weighted by atomic mass is 10.1. The molecule has 0 saturated heterocycles. The highest BCUT2D eigenvalue weighted by Crippen LogP contribution is 2.14. The van der Waals surface area contributed by atoms with Gasteiger partial charge in [-0.15, -0.1) is 0 Å². The molecule has 98 valence electrons. The molecule has 17 heavy (non-hydrogen) atoms. The SMILES string of the molecule is COCCNCCNCc1cc(C(C)C)on1. The van der Waals surface area contributed by atoms with Gasteiger partial charge in [0, 0.05) is 45.3 Å². The molecule has 1 aromatic heterocycles. The molecule has 0 aliphatic heterocycles. The van der Waals surface area contributed by atoms with Crippen molar-refractivity contribution in [3.05, 3.63) is 17.5 Å². The Morgan fingerprint density at radius 2 is 2.06 bits per heavy atom. The van der Waals surface area contributed by atoms with Crippen molar-refractivity contribution in [3.8, 4) is 0 Å². The fraction of sp³-hybridized carbons (Fsp3) is 0.750. The minimum absolute atomic E-state index is 0.395. The van der Waals surface area contributed by atoms with Crippen molar-refractivity contribution in [2.75, 3.05) is 33.4 Å². The zero-order chi connectivity index (χ0) is 12.5. The number of nitrogens with one attached hydrogen (secondary N) is 2. The molecule has 5 heteroatoms. The molecule has 0 bridgehead atoms. The Morgan fingerprint density at radius 3 is 2.71 bits per heavy atom. The van der Waals surface area contributed by atoms with E-state index in [4.69, 9.17) is 9.26 Å². The van der Waals surface area contributed by atoms with Gasteiger partial charge in [-0.1, -0.05) is 19.0 Å². The minimum Gasteiger partial charge on any atom is -0.383 e. The van der Waals surface area contributed by atoms with Gasteiger partial charge in [0.1, 0.15) is 5.76 Å². The maximum absolute atomic E-state index is 5.21. The van der Waals surface area contributed by atoms with Crippen LogP contribution in [0.2, 0.25) is 0 Å². The summed E-state index contributed by atoms with van der Waals surface area (Å²) in [5.41, 5.74) is 0.964. The fourth-order valence-electron chi connectivity index (χ4n) is 1.38. The van der Waals surface area contributed by atoms with Crippen LogP contribution in [0.4, 0.5) is 0 Å². The average molecular weight is 241 g/mol. The third-order valence-corrected chi connectivity index (χ3v) is 2.41. The van der Waals surface area contributed by atoms with Gasteiger partial charge < -0.3 is 19.9 Å². The second kappa shape index (κ2) is 8.22. The molecular weight excluding hydrogens is 218 g/mol. The van der Waals surface area contributed by atoms with Gasteiger partial charge in [0.2, 0.25) is 0 Å². The Labute approximate surface area is 103 Å². The lowest BCUT2D eigenvalue weighted by Crippen LogP contribution is -2.29. The van der Waals surface area contributed by atoms with Crippen LogP contribution in [0.15, 0.2) is 10.6 Å². The molecule has 0 spiro atoms. The number of rotatable bonds is 9. The summed E-state index contributed by atoms with van der Waals surface area (Å²) in [6.45, 7) is 8.42. The quantitative estimate of drug-likeness (QED) is 0.635. The smallest absolute Gasteiger partial charge is 0.139 e. The van der Waals surface area contributed by atoms with Crippen LogP contribution < -0.4 is 10.6 Å². The zero-order valence-electron chi connectivity index (χ0n) is 11.0. The third-order valence-electron chi connectivity index (χ3n) is 2.41. The van der Waals surface area contributed by atoms with E-state index in [1.807, 2.05) is 6.07 Å². The summed E-state index contributed by atoms with van der Waals surface area (Å²) >= 11 is 0. The first-order valence-electron chi connectivity index (χ1n) is 6.10. The summed E-state index contributed by atoms with van der Waals surface area (Å²) in [5, 5.41) is 10.6. The lowest BCUT2D eigenvalue weighted by Gasteiger charge is -2.04. The molecule has 0 aliphatic carbocycles. The van der Waals surface area contributed by atoms with E-state index in [2.05, 4.69) is 29.6 Å². The molecular formula is C12H23N3O2. The number of ether oxygens (including phenoxy) is 1. The molecule has 0 saturated carbocycles. The van der Waals surface area contributed by atoms with E-state index < -0.39 is 0 Å². The van der Waals surface area contributed by atoms with E-state index in [1.54, 1.807) is 7.11 Å². The van der Waals surface area contributed by atoms with Crippen molar-refractivity contribution in [2.45, 2.75) is 26.3 Å². The van der Waals surface area contributed by atoms with Gasteiger partial charge in [-0.25, -0.2) is 0 Å². The highest BCUT2D eigenvalue weighted by atomic mass is 16.5. The molecule has 0 fully saturated rings. The maximum Gasteiger partial charge on any atom is 0.139 e. The van der Waals surface area contributed by atoms with E-state index in [-0.39, 0.29) is 0 Å². The van der Waals surface area contributed by atoms with Crippen molar-refractivity contribution in [2.24, 2.45) is 0 Å². The number of nitrogens with zero attached hydrogens (tertiary/aromatic N) is 1. The van der Waals surface area contributed by atoms with E-state index in [1.165, 1.54) is 0 Å². The molecule has 0 unspecified atom stereocenters. The molecule has 1 aromatic rings. The van der Waals surface area contributed by atoms with Crippen molar-refractivity contribution in [3.63, 3.8) is 0 Å². The molecule has 1 rings (SSSR count). The summed E-state index contributed by atoms with van der Waals surface area (Å²) in [5.74, 6) is 1.34. The van der Waals surface area contributed by atoms with E-state index >= 15 is 0 Å². The summed E-state index contributed by atoms with van der Waals surface area (Å²) in [6, 6.07) is 2.01. The van der Waals surface area contributed by atoms with E-state index in [9.17, 15) is 0 Å². The molecule has 0 amide bonds. The number of hydrogen-bond donors (Lipinski definition) is 2. The number of hydrogen-bond acceptors (Lipinski definition) is 5. The summed E-state index contributed by atoms with van der Waals surface area (Å²) in [6.07, 6.45) is 0. The predicted octanol–water partition coefficient (Wildman–Crippen LogP) is 1.12. The minimum atomic E-state index is 0.395. The van der Waals surface area contributed by atoms with Gasteiger partial charge in [0.15, 0.2) is 0 Å². The van der Waals surface area contributed by atoms with Crippen LogP contribution >= 0.6 is 0 Å². The first-order valence-corrected chi connectivity index (χ1v) is 6.10. The monoisotopic (exact) mass is 241 g/mol. The number of aromatic nitrogens is 1. The van der Waals surface area contributed by atoms with Crippen LogP contribution in [0.3, 0.4) is 0 Å². The molecule has 0 aromatic carbocycles. The topological polar surface area (TPSA) is 59.3 Å². The zero-order valence-corrected chi connectivity index (χ0v) is 11.0. The average Bonchev–Trinajstić information content (AvgIpc) is 2.77. The maximum atomic E-state index is 5.21. The lowest BCUT2D eigenvalue weighted by molar-refractivity contribution is 0.199. The Hall–Kier alpha value is -0.910.